The highest BCUT2D eigenvalue weighted by atomic mass is 32.2. The number of para-hydroxylation sites is 2. The van der Waals surface area contributed by atoms with E-state index in [2.05, 4.69) is 163 Å². The Bertz CT molecular complexity index is 3180. The minimum Gasteiger partial charge on any atom is -0.309 e. The van der Waals surface area contributed by atoms with Crippen LogP contribution in [-0.4, -0.2) is 4.57 Å². The van der Waals surface area contributed by atoms with Crippen molar-refractivity contribution in [2.24, 2.45) is 0 Å². The van der Waals surface area contributed by atoms with E-state index in [9.17, 15) is 0 Å². The summed E-state index contributed by atoms with van der Waals surface area (Å²) in [4.78, 5) is 2.45. The van der Waals surface area contributed by atoms with E-state index in [1.54, 1.807) is 11.8 Å². The molecule has 276 valence electrons. The van der Waals surface area contributed by atoms with Gasteiger partial charge >= 0.3 is 0 Å². The summed E-state index contributed by atoms with van der Waals surface area (Å²) in [6.07, 6.45) is 0. The lowest BCUT2D eigenvalue weighted by molar-refractivity contribution is 0.592. The zero-order chi connectivity index (χ0) is 38.8. The SMILES string of the molecule is Cc1ccccc1Sc1ccc(C2(c3ccc(P(=O)(c4ccccc4)c4ccccc4)cc3)c3ccccc3-n3c4ccc5ccccc5c4c4cccc2c43)cc1. The fourth-order valence-corrected chi connectivity index (χ4v) is 13.1. The van der Waals surface area contributed by atoms with Gasteiger partial charge in [0.25, 0.3) is 0 Å². The maximum Gasteiger partial charge on any atom is 0.171 e. The molecule has 4 heteroatoms. The maximum atomic E-state index is 15.6. The average Bonchev–Trinajstić information content (AvgIpc) is 3.64. The van der Waals surface area contributed by atoms with Crippen LogP contribution in [0.4, 0.5) is 0 Å². The van der Waals surface area contributed by atoms with Crippen LogP contribution in [0.3, 0.4) is 0 Å². The number of fused-ring (bicyclic) bond motifs is 7. The Kier molecular flexibility index (Phi) is 8.19. The number of aryl methyl sites for hydroxylation is 1. The van der Waals surface area contributed by atoms with Gasteiger partial charge in [0.15, 0.2) is 7.14 Å². The number of nitrogens with zero attached hydrogens (tertiary/aromatic N) is 1. The Morgan fingerprint density at radius 1 is 0.483 bits per heavy atom. The minimum absolute atomic E-state index is 0.690. The van der Waals surface area contributed by atoms with Crippen molar-refractivity contribution in [3.05, 3.63) is 240 Å². The molecule has 0 bridgehead atoms. The van der Waals surface area contributed by atoms with Gasteiger partial charge in [-0.25, -0.2) is 0 Å². The van der Waals surface area contributed by atoms with Gasteiger partial charge in [-0.15, -0.1) is 0 Å². The minimum atomic E-state index is -3.19. The van der Waals surface area contributed by atoms with E-state index < -0.39 is 12.6 Å². The topological polar surface area (TPSA) is 22.0 Å². The molecule has 0 amide bonds. The van der Waals surface area contributed by atoms with Crippen molar-refractivity contribution in [2.75, 3.05) is 0 Å². The maximum absolute atomic E-state index is 15.6. The summed E-state index contributed by atoms with van der Waals surface area (Å²) < 4.78 is 18.1. The lowest BCUT2D eigenvalue weighted by atomic mass is 9.63. The molecular weight excluding hydrogens is 742 g/mol. The van der Waals surface area contributed by atoms with Gasteiger partial charge in [-0.1, -0.05) is 194 Å². The quantitative estimate of drug-likeness (QED) is 0.150. The van der Waals surface area contributed by atoms with Crippen molar-refractivity contribution in [3.8, 4) is 5.69 Å². The molecule has 2 heterocycles. The zero-order valence-electron chi connectivity index (χ0n) is 31.9. The highest BCUT2D eigenvalue weighted by Gasteiger charge is 2.45. The van der Waals surface area contributed by atoms with Crippen molar-refractivity contribution in [1.29, 1.82) is 0 Å². The Morgan fingerprint density at radius 2 is 1.05 bits per heavy atom. The molecule has 9 aromatic carbocycles. The molecule has 0 saturated carbocycles. The molecule has 2 nitrogen and oxygen atoms in total. The van der Waals surface area contributed by atoms with Crippen LogP contribution in [-0.2, 0) is 9.98 Å². The Labute approximate surface area is 342 Å². The molecule has 1 unspecified atom stereocenters. The number of aromatic nitrogens is 1. The lowest BCUT2D eigenvalue weighted by Crippen LogP contribution is -2.35. The smallest absolute Gasteiger partial charge is 0.171 e. The predicted octanol–water partition coefficient (Wildman–Crippen LogP) is 12.7. The molecule has 0 spiro atoms. The molecule has 11 rings (SSSR count). The summed E-state index contributed by atoms with van der Waals surface area (Å²) in [6, 6.07) is 75.5. The second kappa shape index (κ2) is 13.6. The monoisotopic (exact) mass is 779 g/mol. The standard InChI is InChI=1S/C54H38NOPS/c1-37-15-8-13-26-51(37)58-44-34-30-40(31-35-44)54(39-28-32-43(33-29-39)57(56,41-17-4-2-5-18-41)42-19-6-3-7-20-42)47-23-11-12-25-49(47)55-50-36-27-38-16-9-10-21-45(38)52(50)46-22-14-24-48(54)53(46)55/h2-36H,1H3. The summed E-state index contributed by atoms with van der Waals surface area (Å²) in [7, 11) is -3.19. The van der Waals surface area contributed by atoms with Gasteiger partial charge in [0.05, 0.1) is 22.1 Å². The lowest BCUT2D eigenvalue weighted by Gasteiger charge is -2.42. The number of benzene rings is 9. The van der Waals surface area contributed by atoms with Crippen molar-refractivity contribution in [3.63, 3.8) is 0 Å². The summed E-state index contributed by atoms with van der Waals surface area (Å²) in [6.45, 7) is 2.17. The molecule has 0 saturated heterocycles. The normalized spacial score (nSPS) is 14.8. The first kappa shape index (κ1) is 34.8. The fourth-order valence-electron chi connectivity index (χ4n) is 9.52. The van der Waals surface area contributed by atoms with E-state index in [-0.39, 0.29) is 0 Å². The van der Waals surface area contributed by atoms with Gasteiger partial charge in [0.1, 0.15) is 0 Å². The molecule has 1 aromatic heterocycles. The van der Waals surface area contributed by atoms with Crippen molar-refractivity contribution in [2.45, 2.75) is 22.1 Å². The van der Waals surface area contributed by atoms with Gasteiger partial charge in [-0.2, -0.15) is 0 Å². The largest absolute Gasteiger partial charge is 0.309 e. The fraction of sp³-hybridized carbons (Fsp3) is 0.0370. The van der Waals surface area contributed by atoms with Crippen LogP contribution in [0.25, 0.3) is 38.3 Å². The highest BCUT2D eigenvalue weighted by Crippen LogP contribution is 2.55. The van der Waals surface area contributed by atoms with Crippen LogP contribution in [0, 0.1) is 6.92 Å². The molecule has 1 atom stereocenters. The van der Waals surface area contributed by atoms with Crippen molar-refractivity contribution >= 4 is 67.4 Å². The van der Waals surface area contributed by atoms with Crippen molar-refractivity contribution in [1.82, 2.24) is 4.57 Å². The second-order valence-corrected chi connectivity index (χ2v) is 19.1. The number of hydrogen-bond donors (Lipinski definition) is 0. The molecule has 0 N–H and O–H groups in total. The van der Waals surface area contributed by atoms with Crippen LogP contribution < -0.4 is 15.9 Å². The Hall–Kier alpha value is -6.38. The Balaban J connectivity index is 1.20. The first-order valence-electron chi connectivity index (χ1n) is 19.8. The summed E-state index contributed by atoms with van der Waals surface area (Å²) >= 11 is 1.80. The molecular formula is C54H38NOPS. The highest BCUT2D eigenvalue weighted by molar-refractivity contribution is 7.99. The first-order chi connectivity index (χ1) is 28.6. The third kappa shape index (κ3) is 5.10. The second-order valence-electron chi connectivity index (χ2n) is 15.2. The van der Waals surface area contributed by atoms with Crippen LogP contribution in [0.15, 0.2) is 222 Å². The number of rotatable bonds is 7. The molecule has 0 radical (unpaired) electrons. The van der Waals surface area contributed by atoms with Gasteiger partial charge in [-0.05, 0) is 75.8 Å². The molecule has 0 aliphatic carbocycles. The van der Waals surface area contributed by atoms with E-state index in [1.807, 2.05) is 60.7 Å². The molecule has 10 aromatic rings. The van der Waals surface area contributed by atoms with Gasteiger partial charge in [0, 0.05) is 36.5 Å². The van der Waals surface area contributed by atoms with E-state index in [0.29, 0.717) is 0 Å². The number of hydrogen-bond acceptors (Lipinski definition) is 2. The third-order valence-corrected chi connectivity index (χ3v) is 16.4. The van der Waals surface area contributed by atoms with E-state index in [4.69, 9.17) is 0 Å². The third-order valence-electron chi connectivity index (χ3n) is 12.1. The summed E-state index contributed by atoms with van der Waals surface area (Å²) in [5, 5.41) is 7.47. The summed E-state index contributed by atoms with van der Waals surface area (Å²) in [5.74, 6) is 0. The van der Waals surface area contributed by atoms with Gasteiger partial charge < -0.3 is 9.13 Å². The molecule has 58 heavy (non-hydrogen) atoms. The van der Waals surface area contributed by atoms with Crippen LogP contribution in [0.2, 0.25) is 0 Å². The van der Waals surface area contributed by atoms with E-state index in [0.717, 1.165) is 27.2 Å². The zero-order valence-corrected chi connectivity index (χ0v) is 33.6. The van der Waals surface area contributed by atoms with Crippen molar-refractivity contribution < 1.29 is 4.57 Å². The van der Waals surface area contributed by atoms with Gasteiger partial charge in [0.2, 0.25) is 0 Å². The molecule has 1 aliphatic heterocycles. The molecule has 0 fully saturated rings. The first-order valence-corrected chi connectivity index (χ1v) is 22.3. The van der Waals surface area contributed by atoms with E-state index in [1.165, 1.54) is 64.6 Å². The van der Waals surface area contributed by atoms with Crippen LogP contribution in [0.1, 0.15) is 27.8 Å². The summed E-state index contributed by atoms with van der Waals surface area (Å²) in [5.41, 5.74) is 8.91. The van der Waals surface area contributed by atoms with Crippen LogP contribution in [0.5, 0.6) is 0 Å². The van der Waals surface area contributed by atoms with Gasteiger partial charge in [-0.3, -0.25) is 0 Å². The van der Waals surface area contributed by atoms with Crippen LogP contribution >= 0.6 is 18.9 Å². The Morgan fingerprint density at radius 3 is 1.78 bits per heavy atom. The average molecular weight is 780 g/mol. The molecule has 1 aliphatic rings. The van der Waals surface area contributed by atoms with E-state index >= 15 is 4.57 Å². The predicted molar refractivity (Wildman–Crippen MR) is 245 cm³/mol.